The second-order valence-corrected chi connectivity index (χ2v) is 3.54. The Morgan fingerprint density at radius 2 is 2.62 bits per heavy atom. The summed E-state index contributed by atoms with van der Waals surface area (Å²) in [5, 5.41) is 11.4. The van der Waals surface area contributed by atoms with E-state index in [0.29, 0.717) is 6.04 Å². The van der Waals surface area contributed by atoms with E-state index in [9.17, 15) is 0 Å². The lowest BCUT2D eigenvalue weighted by molar-refractivity contribution is 0.542. The maximum Gasteiger partial charge on any atom is 0.0725 e. The van der Waals surface area contributed by atoms with Gasteiger partial charge in [-0.25, -0.2) is 4.68 Å². The molecule has 13 heavy (non-hydrogen) atoms. The fourth-order valence-corrected chi connectivity index (χ4v) is 1.89. The maximum absolute atomic E-state index is 4.02. The van der Waals surface area contributed by atoms with E-state index < -0.39 is 0 Å². The van der Waals surface area contributed by atoms with Gasteiger partial charge < -0.3 is 5.32 Å². The number of rotatable bonds is 3. The van der Waals surface area contributed by atoms with Crippen molar-refractivity contribution in [2.45, 2.75) is 38.8 Å². The topological polar surface area (TPSA) is 42.7 Å². The third-order valence-electron chi connectivity index (χ3n) is 2.62. The Morgan fingerprint density at radius 1 is 1.69 bits per heavy atom. The van der Waals surface area contributed by atoms with Crippen LogP contribution in [0.1, 0.15) is 25.5 Å². The number of hydrogen-bond donors (Lipinski definition) is 1. The molecule has 1 fully saturated rings. The molecule has 1 N–H and O–H groups in total. The van der Waals surface area contributed by atoms with E-state index in [1.54, 1.807) is 0 Å². The van der Waals surface area contributed by atoms with Gasteiger partial charge in [-0.3, -0.25) is 0 Å². The minimum absolute atomic E-state index is 0.642. The Labute approximate surface area is 78.3 Å². The number of aromatic nitrogens is 3. The van der Waals surface area contributed by atoms with Crippen molar-refractivity contribution in [2.24, 2.45) is 0 Å². The highest BCUT2D eigenvalue weighted by molar-refractivity contribution is 4.98. The van der Waals surface area contributed by atoms with Gasteiger partial charge in [0.15, 0.2) is 0 Å². The monoisotopic (exact) mass is 180 g/mol. The van der Waals surface area contributed by atoms with Crippen molar-refractivity contribution in [2.75, 3.05) is 6.54 Å². The van der Waals surface area contributed by atoms with Crippen LogP contribution >= 0.6 is 0 Å². The first-order valence-electron chi connectivity index (χ1n) is 5.01. The zero-order valence-electron chi connectivity index (χ0n) is 8.03. The van der Waals surface area contributed by atoms with Crippen molar-refractivity contribution in [1.29, 1.82) is 0 Å². The van der Waals surface area contributed by atoms with Crippen LogP contribution in [0.4, 0.5) is 0 Å². The van der Waals surface area contributed by atoms with Gasteiger partial charge in [0.1, 0.15) is 0 Å². The molecule has 4 heteroatoms. The molecule has 0 aromatic carbocycles. The number of aryl methyl sites for hydroxylation is 1. The van der Waals surface area contributed by atoms with Gasteiger partial charge in [-0.05, 0) is 26.3 Å². The maximum atomic E-state index is 4.02. The second-order valence-electron chi connectivity index (χ2n) is 3.54. The molecule has 1 aromatic heterocycles. The molecular formula is C9H16N4. The highest BCUT2D eigenvalue weighted by atomic mass is 15.4. The first-order chi connectivity index (χ1) is 6.40. The Hall–Kier alpha value is -0.900. The summed E-state index contributed by atoms with van der Waals surface area (Å²) in [6, 6.07) is 0.642. The molecule has 1 saturated heterocycles. The molecule has 0 aliphatic carbocycles. The van der Waals surface area contributed by atoms with Gasteiger partial charge in [-0.1, -0.05) is 5.21 Å². The average Bonchev–Trinajstić information content (AvgIpc) is 2.76. The quantitative estimate of drug-likeness (QED) is 0.740. The van der Waals surface area contributed by atoms with Crippen molar-refractivity contribution in [1.82, 2.24) is 20.3 Å². The van der Waals surface area contributed by atoms with E-state index in [2.05, 4.69) is 22.6 Å². The van der Waals surface area contributed by atoms with Crippen molar-refractivity contribution in [3.63, 3.8) is 0 Å². The molecule has 1 aliphatic rings. The first-order valence-corrected chi connectivity index (χ1v) is 5.01. The summed E-state index contributed by atoms with van der Waals surface area (Å²) in [7, 11) is 0. The Morgan fingerprint density at radius 3 is 3.31 bits per heavy atom. The van der Waals surface area contributed by atoms with Gasteiger partial charge in [0, 0.05) is 19.0 Å². The molecule has 2 rings (SSSR count). The molecule has 2 heterocycles. The molecule has 0 radical (unpaired) electrons. The van der Waals surface area contributed by atoms with Crippen molar-refractivity contribution in [3.8, 4) is 0 Å². The molecule has 1 aliphatic heterocycles. The lowest BCUT2D eigenvalue weighted by atomic mass is 10.1. The summed E-state index contributed by atoms with van der Waals surface area (Å²) in [5.41, 5.74) is 1.25. The summed E-state index contributed by atoms with van der Waals surface area (Å²) in [6.45, 7) is 4.18. The molecule has 0 spiro atoms. The van der Waals surface area contributed by atoms with Gasteiger partial charge in [0.05, 0.1) is 11.9 Å². The van der Waals surface area contributed by atoms with Crippen molar-refractivity contribution < 1.29 is 0 Å². The van der Waals surface area contributed by atoms with E-state index in [0.717, 1.165) is 13.0 Å². The smallest absolute Gasteiger partial charge is 0.0725 e. The third kappa shape index (κ3) is 1.88. The van der Waals surface area contributed by atoms with Crippen LogP contribution in [-0.2, 0) is 13.0 Å². The number of nitrogens with one attached hydrogen (secondary N) is 1. The zero-order valence-corrected chi connectivity index (χ0v) is 8.03. The molecule has 1 atom stereocenters. The number of hydrogen-bond acceptors (Lipinski definition) is 3. The zero-order chi connectivity index (χ0) is 9.10. The van der Waals surface area contributed by atoms with Crippen LogP contribution in [0.15, 0.2) is 6.20 Å². The minimum atomic E-state index is 0.642. The van der Waals surface area contributed by atoms with E-state index in [4.69, 9.17) is 0 Å². The molecular weight excluding hydrogens is 164 g/mol. The normalized spacial score (nSPS) is 22.4. The van der Waals surface area contributed by atoms with Crippen molar-refractivity contribution in [3.05, 3.63) is 11.9 Å². The van der Waals surface area contributed by atoms with Crippen LogP contribution in [0.2, 0.25) is 0 Å². The van der Waals surface area contributed by atoms with Crippen LogP contribution in [0.3, 0.4) is 0 Å². The SMILES string of the molecule is CCn1nncc1CC1CCCN1. The summed E-state index contributed by atoms with van der Waals surface area (Å²) in [4.78, 5) is 0. The van der Waals surface area contributed by atoms with E-state index in [-0.39, 0.29) is 0 Å². The van der Waals surface area contributed by atoms with Gasteiger partial charge in [-0.15, -0.1) is 5.10 Å². The van der Waals surface area contributed by atoms with E-state index in [1.807, 2.05) is 10.9 Å². The molecule has 1 unspecified atom stereocenters. The lowest BCUT2D eigenvalue weighted by Crippen LogP contribution is -2.25. The Bertz CT molecular complexity index is 262. The molecule has 0 saturated carbocycles. The van der Waals surface area contributed by atoms with Crippen LogP contribution in [0.5, 0.6) is 0 Å². The molecule has 4 nitrogen and oxygen atoms in total. The average molecular weight is 180 g/mol. The van der Waals surface area contributed by atoms with E-state index in [1.165, 1.54) is 25.1 Å². The van der Waals surface area contributed by atoms with Crippen molar-refractivity contribution >= 4 is 0 Å². The van der Waals surface area contributed by atoms with Gasteiger partial charge >= 0.3 is 0 Å². The minimum Gasteiger partial charge on any atom is -0.314 e. The predicted octanol–water partition coefficient (Wildman–Crippen LogP) is 0.593. The predicted molar refractivity (Wildman–Crippen MR) is 50.4 cm³/mol. The molecule has 0 bridgehead atoms. The summed E-state index contributed by atoms with van der Waals surface area (Å²) in [6.07, 6.45) is 5.54. The fraction of sp³-hybridized carbons (Fsp3) is 0.778. The Kier molecular flexibility index (Phi) is 2.59. The number of nitrogens with zero attached hydrogens (tertiary/aromatic N) is 3. The third-order valence-corrected chi connectivity index (χ3v) is 2.62. The summed E-state index contributed by atoms with van der Waals surface area (Å²) in [5.74, 6) is 0. The Balaban J connectivity index is 1.99. The van der Waals surface area contributed by atoms with Crippen LogP contribution in [0.25, 0.3) is 0 Å². The fourth-order valence-electron chi connectivity index (χ4n) is 1.89. The van der Waals surface area contributed by atoms with Gasteiger partial charge in [0.25, 0.3) is 0 Å². The van der Waals surface area contributed by atoms with E-state index >= 15 is 0 Å². The standard InChI is InChI=1S/C9H16N4/c1-2-13-9(7-11-12-13)6-8-4-3-5-10-8/h7-8,10H,2-6H2,1H3. The highest BCUT2D eigenvalue weighted by Gasteiger charge is 2.16. The lowest BCUT2D eigenvalue weighted by Gasteiger charge is -2.09. The van der Waals surface area contributed by atoms with Crippen LogP contribution in [0, 0.1) is 0 Å². The largest absolute Gasteiger partial charge is 0.314 e. The first kappa shape index (κ1) is 8.69. The molecule has 72 valence electrons. The molecule has 1 aromatic rings. The van der Waals surface area contributed by atoms with Gasteiger partial charge in [0.2, 0.25) is 0 Å². The molecule has 0 amide bonds. The highest BCUT2D eigenvalue weighted by Crippen LogP contribution is 2.10. The van der Waals surface area contributed by atoms with Crippen LogP contribution in [-0.4, -0.2) is 27.6 Å². The second kappa shape index (κ2) is 3.87. The summed E-state index contributed by atoms with van der Waals surface area (Å²) >= 11 is 0. The van der Waals surface area contributed by atoms with Gasteiger partial charge in [-0.2, -0.15) is 0 Å². The summed E-state index contributed by atoms with van der Waals surface area (Å²) < 4.78 is 1.97. The van der Waals surface area contributed by atoms with Crippen LogP contribution < -0.4 is 5.32 Å².